The second-order valence-corrected chi connectivity index (χ2v) is 9.60. The second-order valence-electron chi connectivity index (χ2n) is 9.60. The summed E-state index contributed by atoms with van der Waals surface area (Å²) in [6.45, 7) is 5.30. The summed E-state index contributed by atoms with van der Waals surface area (Å²) in [7, 11) is 0. The summed E-state index contributed by atoms with van der Waals surface area (Å²) >= 11 is 0. The number of hydrogen-bond donors (Lipinski definition) is 2. The normalized spacial score (nSPS) is 15.8. The van der Waals surface area contributed by atoms with Gasteiger partial charge in [0.05, 0.1) is 0 Å². The summed E-state index contributed by atoms with van der Waals surface area (Å²) in [6, 6.07) is 11.6. The molecular formula is C26H31N7O2. The highest BCUT2D eigenvalue weighted by Gasteiger charge is 2.25. The highest BCUT2D eigenvalue weighted by molar-refractivity contribution is 6.04. The summed E-state index contributed by atoms with van der Waals surface area (Å²) in [4.78, 5) is 32.2. The maximum Gasteiger partial charge on any atom is 0.317 e. The molecule has 0 bridgehead atoms. The molecule has 1 aliphatic heterocycles. The Bertz CT molecular complexity index is 1230. The van der Waals surface area contributed by atoms with Gasteiger partial charge < -0.3 is 20.1 Å². The molecule has 0 unspecified atom stereocenters. The lowest BCUT2D eigenvalue weighted by molar-refractivity contribution is 0.102. The van der Waals surface area contributed by atoms with E-state index in [1.165, 1.54) is 18.4 Å². The smallest absolute Gasteiger partial charge is 0.317 e. The number of nitrogens with zero attached hydrogens (tertiary/aromatic N) is 5. The van der Waals surface area contributed by atoms with Crippen LogP contribution in [0.3, 0.4) is 0 Å². The van der Waals surface area contributed by atoms with Crippen LogP contribution < -0.4 is 10.6 Å². The van der Waals surface area contributed by atoms with Gasteiger partial charge in [0.25, 0.3) is 5.91 Å². The van der Waals surface area contributed by atoms with E-state index in [0.29, 0.717) is 42.0 Å². The molecule has 2 N–H and O–H groups in total. The van der Waals surface area contributed by atoms with Crippen LogP contribution in [0.1, 0.15) is 67.1 Å². The highest BCUT2D eigenvalue weighted by Crippen LogP contribution is 2.24. The standard InChI is InChI=1S/C26H31N7O2/c1-17(2)33-16-27-31-24(33)22-8-5-9-23(29-22)30-25(34)19-11-10-18-12-13-32(15-20(18)14-19)26(35)28-21-6-3-4-7-21/h5,8-11,14,16-17,21H,3-4,6-7,12-13,15H2,1-2H3,(H,28,35)(H,29,30,34). The summed E-state index contributed by atoms with van der Waals surface area (Å²) in [5.74, 6) is 0.859. The number of hydrogen-bond acceptors (Lipinski definition) is 5. The molecule has 182 valence electrons. The van der Waals surface area contributed by atoms with Gasteiger partial charge in [-0.3, -0.25) is 4.79 Å². The Kier molecular flexibility index (Phi) is 6.48. The largest absolute Gasteiger partial charge is 0.335 e. The maximum atomic E-state index is 13.0. The molecule has 1 aromatic carbocycles. The van der Waals surface area contributed by atoms with E-state index in [4.69, 9.17) is 0 Å². The van der Waals surface area contributed by atoms with Crippen molar-refractivity contribution in [3.63, 3.8) is 0 Å². The van der Waals surface area contributed by atoms with Crippen LogP contribution in [0.4, 0.5) is 10.6 Å². The van der Waals surface area contributed by atoms with Crippen LogP contribution in [0.15, 0.2) is 42.7 Å². The van der Waals surface area contributed by atoms with Gasteiger partial charge in [-0.15, -0.1) is 10.2 Å². The summed E-state index contributed by atoms with van der Waals surface area (Å²) < 4.78 is 1.94. The molecule has 5 rings (SSSR count). The molecule has 2 aromatic heterocycles. The number of nitrogens with one attached hydrogen (secondary N) is 2. The number of benzene rings is 1. The number of anilines is 1. The molecule has 3 aromatic rings. The van der Waals surface area contributed by atoms with Crippen molar-refractivity contribution in [1.29, 1.82) is 0 Å². The van der Waals surface area contributed by atoms with Crippen molar-refractivity contribution in [3.05, 3.63) is 59.4 Å². The highest BCUT2D eigenvalue weighted by atomic mass is 16.2. The van der Waals surface area contributed by atoms with Crippen LogP contribution in [-0.2, 0) is 13.0 Å². The molecule has 0 radical (unpaired) electrons. The zero-order valence-electron chi connectivity index (χ0n) is 20.2. The number of aromatic nitrogens is 4. The third kappa shape index (κ3) is 5.03. The number of rotatable bonds is 5. The van der Waals surface area contributed by atoms with E-state index in [9.17, 15) is 9.59 Å². The average molecular weight is 474 g/mol. The van der Waals surface area contributed by atoms with E-state index in [-0.39, 0.29) is 18.0 Å². The van der Waals surface area contributed by atoms with Crippen LogP contribution in [0, 0.1) is 0 Å². The van der Waals surface area contributed by atoms with Crippen molar-refractivity contribution in [2.45, 2.75) is 64.6 Å². The molecule has 3 heterocycles. The van der Waals surface area contributed by atoms with Crippen molar-refractivity contribution < 1.29 is 9.59 Å². The summed E-state index contributed by atoms with van der Waals surface area (Å²) in [5.41, 5.74) is 3.37. The van der Waals surface area contributed by atoms with Gasteiger partial charge >= 0.3 is 6.03 Å². The van der Waals surface area contributed by atoms with Crippen LogP contribution >= 0.6 is 0 Å². The minimum Gasteiger partial charge on any atom is -0.335 e. The van der Waals surface area contributed by atoms with Gasteiger partial charge in [0.2, 0.25) is 0 Å². The monoisotopic (exact) mass is 473 g/mol. The van der Waals surface area contributed by atoms with Gasteiger partial charge in [0, 0.05) is 30.7 Å². The quantitative estimate of drug-likeness (QED) is 0.578. The fourth-order valence-electron chi connectivity index (χ4n) is 4.83. The first-order valence-electron chi connectivity index (χ1n) is 12.3. The molecule has 35 heavy (non-hydrogen) atoms. The van der Waals surface area contributed by atoms with E-state index in [1.54, 1.807) is 12.4 Å². The molecule has 9 nitrogen and oxygen atoms in total. The maximum absolute atomic E-state index is 13.0. The van der Waals surface area contributed by atoms with Crippen molar-refractivity contribution in [3.8, 4) is 11.5 Å². The Balaban J connectivity index is 1.28. The van der Waals surface area contributed by atoms with Crippen LogP contribution in [-0.4, -0.2) is 49.2 Å². The lowest BCUT2D eigenvalue weighted by Crippen LogP contribution is -2.46. The number of urea groups is 1. The fraction of sp³-hybridized carbons (Fsp3) is 0.423. The van der Waals surface area contributed by atoms with E-state index in [2.05, 4.69) is 25.8 Å². The first kappa shape index (κ1) is 23.0. The molecule has 0 saturated heterocycles. The fourth-order valence-corrected chi connectivity index (χ4v) is 4.83. The zero-order chi connectivity index (χ0) is 24.4. The van der Waals surface area contributed by atoms with Gasteiger partial charge in [0.15, 0.2) is 5.82 Å². The van der Waals surface area contributed by atoms with Crippen molar-refractivity contribution in [2.75, 3.05) is 11.9 Å². The molecule has 1 aliphatic carbocycles. The number of amides is 3. The average Bonchev–Trinajstić information content (AvgIpc) is 3.56. The first-order chi connectivity index (χ1) is 17.0. The van der Waals surface area contributed by atoms with E-state index in [0.717, 1.165) is 24.8 Å². The van der Waals surface area contributed by atoms with Crippen molar-refractivity contribution >= 4 is 17.8 Å². The molecule has 9 heteroatoms. The molecule has 3 amide bonds. The minimum atomic E-state index is -0.240. The zero-order valence-corrected chi connectivity index (χ0v) is 20.2. The van der Waals surface area contributed by atoms with Gasteiger partial charge in [-0.25, -0.2) is 9.78 Å². The molecule has 0 spiro atoms. The Morgan fingerprint density at radius 1 is 1.09 bits per heavy atom. The van der Waals surface area contributed by atoms with Gasteiger partial charge in [-0.1, -0.05) is 25.0 Å². The number of fused-ring (bicyclic) bond motifs is 1. The predicted molar refractivity (Wildman–Crippen MR) is 133 cm³/mol. The molecular weight excluding hydrogens is 442 g/mol. The summed E-state index contributed by atoms with van der Waals surface area (Å²) in [6.07, 6.45) is 6.95. The van der Waals surface area contributed by atoms with Crippen LogP contribution in [0.25, 0.3) is 11.5 Å². The first-order valence-corrected chi connectivity index (χ1v) is 12.3. The van der Waals surface area contributed by atoms with Crippen molar-refractivity contribution in [2.24, 2.45) is 0 Å². The molecule has 2 aliphatic rings. The lowest BCUT2D eigenvalue weighted by Gasteiger charge is -2.30. The Hall–Kier alpha value is -3.75. The van der Waals surface area contributed by atoms with Gasteiger partial charge in [-0.05, 0) is 68.5 Å². The van der Waals surface area contributed by atoms with E-state index < -0.39 is 0 Å². The summed E-state index contributed by atoms with van der Waals surface area (Å²) in [5, 5.41) is 14.3. The topological polar surface area (TPSA) is 105 Å². The Morgan fingerprint density at radius 3 is 2.71 bits per heavy atom. The molecule has 1 saturated carbocycles. The predicted octanol–water partition coefficient (Wildman–Crippen LogP) is 4.18. The van der Waals surface area contributed by atoms with Crippen LogP contribution in [0.2, 0.25) is 0 Å². The molecule has 0 atom stereocenters. The third-order valence-electron chi connectivity index (χ3n) is 6.80. The lowest BCUT2D eigenvalue weighted by atomic mass is 9.97. The minimum absolute atomic E-state index is 0.00679. The van der Waals surface area contributed by atoms with E-state index >= 15 is 0 Å². The van der Waals surface area contributed by atoms with Gasteiger partial charge in [0.1, 0.15) is 17.8 Å². The Morgan fingerprint density at radius 2 is 1.91 bits per heavy atom. The Labute approximate surface area is 205 Å². The van der Waals surface area contributed by atoms with E-state index in [1.807, 2.05) is 53.6 Å². The SMILES string of the molecule is CC(C)n1cnnc1-c1cccc(NC(=O)c2ccc3c(c2)CN(C(=O)NC2CCCC2)CC3)n1. The second kappa shape index (κ2) is 9.85. The number of pyridine rings is 1. The third-order valence-corrected chi connectivity index (χ3v) is 6.80. The molecule has 1 fully saturated rings. The van der Waals surface area contributed by atoms with Gasteiger partial charge in [-0.2, -0.15) is 0 Å². The number of carbonyl (C=O) groups is 2. The van der Waals surface area contributed by atoms with Crippen LogP contribution in [0.5, 0.6) is 0 Å². The number of carbonyl (C=O) groups excluding carboxylic acids is 2. The van der Waals surface area contributed by atoms with Crippen molar-refractivity contribution in [1.82, 2.24) is 30.0 Å².